The first-order valence-corrected chi connectivity index (χ1v) is 5.86. The second kappa shape index (κ2) is 6.25. The Morgan fingerprint density at radius 2 is 1.94 bits per heavy atom. The van der Waals surface area contributed by atoms with Crippen LogP contribution in [-0.4, -0.2) is 26.5 Å². The molecule has 0 fully saturated rings. The van der Waals surface area contributed by atoms with Gasteiger partial charge in [-0.25, -0.2) is 0 Å². The lowest BCUT2D eigenvalue weighted by Gasteiger charge is -2.15. The highest BCUT2D eigenvalue weighted by Gasteiger charge is 2.14. The van der Waals surface area contributed by atoms with Crippen molar-refractivity contribution in [1.82, 2.24) is 0 Å². The second-order valence-electron chi connectivity index (χ2n) is 4.27. The van der Waals surface area contributed by atoms with E-state index in [0.29, 0.717) is 6.54 Å². The third kappa shape index (κ3) is 3.75. The largest absolute Gasteiger partial charge is 0.378 e. The fourth-order valence-electron chi connectivity index (χ4n) is 1.55. The Hall–Kier alpha value is -1.55. The van der Waals surface area contributed by atoms with Crippen LogP contribution in [0.2, 0.25) is 0 Å². The van der Waals surface area contributed by atoms with Gasteiger partial charge in [-0.1, -0.05) is 6.92 Å². The minimum Gasteiger partial charge on any atom is -0.378 e. The molecule has 4 nitrogen and oxygen atoms in total. The lowest BCUT2D eigenvalue weighted by Crippen LogP contribution is -2.28. The van der Waals surface area contributed by atoms with Crippen molar-refractivity contribution in [3.63, 3.8) is 0 Å². The lowest BCUT2D eigenvalue weighted by atomic mass is 10.1. The molecule has 0 heterocycles. The average molecular weight is 235 g/mol. The number of carbonyl (C=O) groups excluding carboxylic acids is 1. The normalized spacial score (nSPS) is 12.0. The monoisotopic (exact) mass is 235 g/mol. The maximum absolute atomic E-state index is 11.8. The van der Waals surface area contributed by atoms with E-state index in [0.717, 1.165) is 17.8 Å². The quantitative estimate of drug-likeness (QED) is 0.816. The van der Waals surface area contributed by atoms with E-state index >= 15 is 0 Å². The van der Waals surface area contributed by atoms with Gasteiger partial charge in [-0.3, -0.25) is 4.79 Å². The van der Waals surface area contributed by atoms with Gasteiger partial charge in [-0.15, -0.1) is 0 Å². The number of carbonyl (C=O) groups is 1. The summed E-state index contributed by atoms with van der Waals surface area (Å²) in [6.45, 7) is 2.35. The van der Waals surface area contributed by atoms with Crippen molar-refractivity contribution in [3.05, 3.63) is 24.3 Å². The minimum atomic E-state index is -0.108. The number of nitrogens with two attached hydrogens (primary N) is 1. The number of benzene rings is 1. The van der Waals surface area contributed by atoms with Gasteiger partial charge in [0.2, 0.25) is 5.91 Å². The number of anilines is 2. The van der Waals surface area contributed by atoms with Crippen LogP contribution < -0.4 is 16.0 Å². The molecule has 1 atom stereocenters. The van der Waals surface area contributed by atoms with Crippen LogP contribution in [0.3, 0.4) is 0 Å². The van der Waals surface area contributed by atoms with Gasteiger partial charge < -0.3 is 16.0 Å². The van der Waals surface area contributed by atoms with E-state index in [2.05, 4.69) is 5.32 Å². The molecule has 1 amide bonds. The molecule has 94 valence electrons. The zero-order valence-electron chi connectivity index (χ0n) is 10.7. The Morgan fingerprint density at radius 1 is 1.35 bits per heavy atom. The van der Waals surface area contributed by atoms with Crippen LogP contribution in [0.5, 0.6) is 0 Å². The second-order valence-corrected chi connectivity index (χ2v) is 4.27. The molecule has 0 aromatic heterocycles. The predicted molar refractivity (Wildman–Crippen MR) is 72.2 cm³/mol. The fourth-order valence-corrected chi connectivity index (χ4v) is 1.55. The van der Waals surface area contributed by atoms with Gasteiger partial charge in [0, 0.05) is 32.0 Å². The molecule has 0 saturated heterocycles. The summed E-state index contributed by atoms with van der Waals surface area (Å²) in [5.74, 6) is -0.115. The maximum atomic E-state index is 11.8. The van der Waals surface area contributed by atoms with E-state index in [4.69, 9.17) is 5.73 Å². The van der Waals surface area contributed by atoms with Crippen molar-refractivity contribution >= 4 is 17.3 Å². The molecule has 17 heavy (non-hydrogen) atoms. The number of nitrogens with one attached hydrogen (secondary N) is 1. The molecular weight excluding hydrogens is 214 g/mol. The molecule has 0 aliphatic rings. The van der Waals surface area contributed by atoms with Crippen molar-refractivity contribution in [2.24, 2.45) is 11.7 Å². The highest BCUT2D eigenvalue weighted by Crippen LogP contribution is 2.16. The third-order valence-corrected chi connectivity index (χ3v) is 2.80. The molecule has 0 bridgehead atoms. The third-order valence-electron chi connectivity index (χ3n) is 2.80. The van der Waals surface area contributed by atoms with E-state index in [1.54, 1.807) is 0 Å². The van der Waals surface area contributed by atoms with Crippen molar-refractivity contribution in [3.8, 4) is 0 Å². The number of amides is 1. The van der Waals surface area contributed by atoms with E-state index < -0.39 is 0 Å². The van der Waals surface area contributed by atoms with Crippen molar-refractivity contribution in [2.45, 2.75) is 13.3 Å². The summed E-state index contributed by atoms with van der Waals surface area (Å²) >= 11 is 0. The van der Waals surface area contributed by atoms with E-state index in [1.165, 1.54) is 0 Å². The molecule has 1 aromatic rings. The Bertz CT molecular complexity index is 355. The fraction of sp³-hybridized carbons (Fsp3) is 0.462. The zero-order chi connectivity index (χ0) is 12.8. The van der Waals surface area contributed by atoms with Gasteiger partial charge in [0.15, 0.2) is 0 Å². The number of hydrogen-bond donors (Lipinski definition) is 2. The molecule has 0 radical (unpaired) electrons. The smallest absolute Gasteiger partial charge is 0.228 e. The van der Waals surface area contributed by atoms with Crippen LogP contribution in [0.4, 0.5) is 11.4 Å². The zero-order valence-corrected chi connectivity index (χ0v) is 10.7. The molecule has 3 N–H and O–H groups in total. The summed E-state index contributed by atoms with van der Waals surface area (Å²) in [6, 6.07) is 7.74. The maximum Gasteiger partial charge on any atom is 0.228 e. The SMILES string of the molecule is CCC(CN)C(=O)Nc1ccc(N(C)C)cc1. The van der Waals surface area contributed by atoms with E-state index in [9.17, 15) is 4.79 Å². The molecule has 0 aliphatic carbocycles. The molecule has 1 unspecified atom stereocenters. The van der Waals surface area contributed by atoms with Crippen molar-refractivity contribution in [2.75, 3.05) is 30.9 Å². The van der Waals surface area contributed by atoms with Gasteiger partial charge in [-0.05, 0) is 30.7 Å². The number of nitrogens with zero attached hydrogens (tertiary/aromatic N) is 1. The summed E-state index contributed by atoms with van der Waals surface area (Å²) in [7, 11) is 3.96. The molecule has 4 heteroatoms. The molecule has 0 spiro atoms. The van der Waals surface area contributed by atoms with E-state index in [1.807, 2.05) is 50.2 Å². The first-order chi connectivity index (χ1) is 8.08. The highest BCUT2D eigenvalue weighted by molar-refractivity contribution is 5.92. The number of hydrogen-bond acceptors (Lipinski definition) is 3. The Kier molecular flexibility index (Phi) is 4.97. The highest BCUT2D eigenvalue weighted by atomic mass is 16.1. The summed E-state index contributed by atoms with van der Waals surface area (Å²) in [5, 5.41) is 2.87. The number of rotatable bonds is 5. The first-order valence-electron chi connectivity index (χ1n) is 5.86. The Balaban J connectivity index is 2.66. The Morgan fingerprint density at radius 3 is 2.35 bits per heavy atom. The standard InChI is InChI=1S/C13H21N3O/c1-4-10(9-14)13(17)15-11-5-7-12(8-6-11)16(2)3/h5-8,10H,4,9,14H2,1-3H3,(H,15,17). The van der Waals surface area contributed by atoms with Gasteiger partial charge in [0.05, 0.1) is 5.92 Å². The minimum absolute atomic E-state index is 0.00685. The predicted octanol–water partition coefficient (Wildman–Crippen LogP) is 1.68. The molecule has 1 aromatic carbocycles. The molecule has 0 aliphatic heterocycles. The van der Waals surface area contributed by atoms with Crippen LogP contribution in [0, 0.1) is 5.92 Å². The molecular formula is C13H21N3O. The van der Waals surface area contributed by atoms with Crippen LogP contribution in [0.15, 0.2) is 24.3 Å². The molecule has 0 saturated carbocycles. The lowest BCUT2D eigenvalue weighted by molar-refractivity contribution is -0.119. The first kappa shape index (κ1) is 13.5. The average Bonchev–Trinajstić information content (AvgIpc) is 2.31. The van der Waals surface area contributed by atoms with Crippen molar-refractivity contribution < 1.29 is 4.79 Å². The summed E-state index contributed by atoms with van der Waals surface area (Å²) in [4.78, 5) is 13.8. The summed E-state index contributed by atoms with van der Waals surface area (Å²) < 4.78 is 0. The van der Waals surface area contributed by atoms with Gasteiger partial charge >= 0.3 is 0 Å². The van der Waals surface area contributed by atoms with Crippen LogP contribution in [-0.2, 0) is 4.79 Å². The summed E-state index contributed by atoms with van der Waals surface area (Å²) in [6.07, 6.45) is 0.762. The van der Waals surface area contributed by atoms with E-state index in [-0.39, 0.29) is 11.8 Å². The van der Waals surface area contributed by atoms with Crippen LogP contribution >= 0.6 is 0 Å². The topological polar surface area (TPSA) is 58.4 Å². The van der Waals surface area contributed by atoms with Gasteiger partial charge in [0.1, 0.15) is 0 Å². The van der Waals surface area contributed by atoms with Crippen LogP contribution in [0.1, 0.15) is 13.3 Å². The Labute approximate surface area is 103 Å². The van der Waals surface area contributed by atoms with Crippen LogP contribution in [0.25, 0.3) is 0 Å². The van der Waals surface area contributed by atoms with Gasteiger partial charge in [0.25, 0.3) is 0 Å². The van der Waals surface area contributed by atoms with Crippen molar-refractivity contribution in [1.29, 1.82) is 0 Å². The summed E-state index contributed by atoms with van der Waals surface area (Å²) in [5.41, 5.74) is 7.45. The molecule has 1 rings (SSSR count). The van der Waals surface area contributed by atoms with Gasteiger partial charge in [-0.2, -0.15) is 0 Å².